The minimum atomic E-state index is 0.226. The van der Waals surface area contributed by atoms with E-state index in [1.165, 1.54) is 5.56 Å². The molecule has 0 aliphatic heterocycles. The highest BCUT2D eigenvalue weighted by Crippen LogP contribution is 2.23. The lowest BCUT2D eigenvalue weighted by Gasteiger charge is -2.15. The van der Waals surface area contributed by atoms with Crippen molar-refractivity contribution in [2.45, 2.75) is 46.3 Å². The van der Waals surface area contributed by atoms with E-state index in [2.05, 4.69) is 31.2 Å². The van der Waals surface area contributed by atoms with Crippen molar-refractivity contribution in [1.29, 1.82) is 0 Å². The van der Waals surface area contributed by atoms with Gasteiger partial charge in [-0.1, -0.05) is 42.3 Å². The largest absolute Gasteiger partial charge is 0.305 e. The molecule has 1 atom stereocenters. The van der Waals surface area contributed by atoms with Crippen LogP contribution in [0.5, 0.6) is 0 Å². The first-order valence-corrected chi connectivity index (χ1v) is 8.05. The minimum absolute atomic E-state index is 0.226. The van der Waals surface area contributed by atoms with E-state index in [9.17, 15) is 0 Å². The van der Waals surface area contributed by atoms with E-state index >= 15 is 0 Å². The number of nitrogens with zero attached hydrogens (tertiary/aromatic N) is 2. The lowest BCUT2D eigenvalue weighted by atomic mass is 10.1. The Morgan fingerprint density at radius 2 is 1.86 bits per heavy atom. The molecule has 5 heteroatoms. The molecule has 2 aromatic rings. The predicted molar refractivity (Wildman–Crippen MR) is 89.0 cm³/mol. The molecule has 3 nitrogen and oxygen atoms in total. The Hall–Kier alpha value is -1.03. The van der Waals surface area contributed by atoms with Crippen LogP contribution >= 0.6 is 23.2 Å². The summed E-state index contributed by atoms with van der Waals surface area (Å²) in [5, 5.41) is 9.58. The quantitative estimate of drug-likeness (QED) is 0.839. The lowest BCUT2D eigenvalue weighted by molar-refractivity contribution is 0.530. The molecule has 1 heterocycles. The van der Waals surface area contributed by atoms with E-state index in [0.717, 1.165) is 34.4 Å². The van der Waals surface area contributed by atoms with E-state index in [-0.39, 0.29) is 6.04 Å². The van der Waals surface area contributed by atoms with Crippen LogP contribution in [0.25, 0.3) is 0 Å². The second-order valence-electron chi connectivity index (χ2n) is 5.03. The summed E-state index contributed by atoms with van der Waals surface area (Å²) in [7, 11) is 0. The molecular formula is C16H21Cl2N3. The number of hydrogen-bond donors (Lipinski definition) is 1. The van der Waals surface area contributed by atoms with Crippen LogP contribution in [0.3, 0.4) is 0 Å². The van der Waals surface area contributed by atoms with Crippen molar-refractivity contribution in [3.05, 3.63) is 51.3 Å². The molecule has 0 amide bonds. The lowest BCUT2D eigenvalue weighted by Crippen LogP contribution is -2.20. The zero-order chi connectivity index (χ0) is 15.4. The van der Waals surface area contributed by atoms with E-state index < -0.39 is 0 Å². The summed E-state index contributed by atoms with van der Waals surface area (Å²) >= 11 is 12.3. The van der Waals surface area contributed by atoms with Crippen LogP contribution in [0.1, 0.15) is 43.8 Å². The third kappa shape index (κ3) is 3.79. The first kappa shape index (κ1) is 16.3. The summed E-state index contributed by atoms with van der Waals surface area (Å²) in [5.41, 5.74) is 3.22. The summed E-state index contributed by atoms with van der Waals surface area (Å²) in [4.78, 5) is 0. The fraction of sp³-hybridized carbons (Fsp3) is 0.438. The smallest absolute Gasteiger partial charge is 0.0863 e. The van der Waals surface area contributed by atoms with Gasteiger partial charge in [0.1, 0.15) is 0 Å². The Morgan fingerprint density at radius 3 is 2.43 bits per heavy atom. The number of halogens is 2. The van der Waals surface area contributed by atoms with Crippen LogP contribution in [0.4, 0.5) is 0 Å². The fourth-order valence-electron chi connectivity index (χ4n) is 2.31. The Bertz CT molecular complexity index is 590. The second kappa shape index (κ2) is 7.30. The van der Waals surface area contributed by atoms with Gasteiger partial charge in [-0.15, -0.1) is 0 Å². The van der Waals surface area contributed by atoms with Gasteiger partial charge in [0.15, 0.2) is 0 Å². The zero-order valence-corrected chi connectivity index (χ0v) is 14.2. The van der Waals surface area contributed by atoms with Crippen LogP contribution in [0.15, 0.2) is 24.3 Å². The van der Waals surface area contributed by atoms with Crippen LogP contribution in [0, 0.1) is 0 Å². The van der Waals surface area contributed by atoms with E-state index in [1.807, 2.05) is 28.9 Å². The Kier molecular flexibility index (Phi) is 5.68. The molecule has 0 saturated carbocycles. The number of rotatable bonds is 6. The fourth-order valence-corrected chi connectivity index (χ4v) is 2.77. The van der Waals surface area contributed by atoms with Gasteiger partial charge >= 0.3 is 0 Å². The third-order valence-electron chi connectivity index (χ3n) is 3.64. The van der Waals surface area contributed by atoms with Crippen molar-refractivity contribution in [1.82, 2.24) is 15.1 Å². The van der Waals surface area contributed by atoms with Crippen LogP contribution in [-0.2, 0) is 19.5 Å². The SMILES string of the molecule is CCc1nn(CC)c(CN[C@@H](C)c2ccc(Cl)cc2)c1Cl. The van der Waals surface area contributed by atoms with E-state index in [4.69, 9.17) is 23.2 Å². The molecule has 0 bridgehead atoms. The molecule has 0 unspecified atom stereocenters. The Morgan fingerprint density at radius 1 is 1.19 bits per heavy atom. The first-order valence-electron chi connectivity index (χ1n) is 7.29. The van der Waals surface area contributed by atoms with Gasteiger partial charge in [0, 0.05) is 24.2 Å². The Balaban J connectivity index is 2.09. The minimum Gasteiger partial charge on any atom is -0.305 e. The van der Waals surface area contributed by atoms with Crippen molar-refractivity contribution < 1.29 is 0 Å². The summed E-state index contributed by atoms with van der Waals surface area (Å²) in [5.74, 6) is 0. The first-order chi connectivity index (χ1) is 10.1. The summed E-state index contributed by atoms with van der Waals surface area (Å²) in [6.07, 6.45) is 0.853. The van der Waals surface area contributed by atoms with E-state index in [0.29, 0.717) is 6.54 Å². The van der Waals surface area contributed by atoms with Crippen LogP contribution in [-0.4, -0.2) is 9.78 Å². The average Bonchev–Trinajstić information content (AvgIpc) is 2.81. The van der Waals surface area contributed by atoms with Gasteiger partial charge in [-0.25, -0.2) is 0 Å². The molecule has 1 aromatic heterocycles. The van der Waals surface area contributed by atoms with Crippen LogP contribution in [0.2, 0.25) is 10.0 Å². The monoisotopic (exact) mass is 325 g/mol. The standard InChI is InChI=1S/C16H21Cl2N3/c1-4-14-16(18)15(21(5-2)20-14)10-19-11(3)12-6-8-13(17)9-7-12/h6-9,11,19H,4-5,10H2,1-3H3/t11-/m0/s1. The highest BCUT2D eigenvalue weighted by molar-refractivity contribution is 6.32. The van der Waals surface area contributed by atoms with Gasteiger partial charge in [-0.3, -0.25) is 4.68 Å². The summed E-state index contributed by atoms with van der Waals surface area (Å²) < 4.78 is 1.97. The van der Waals surface area contributed by atoms with Gasteiger partial charge in [-0.05, 0) is 38.0 Å². The van der Waals surface area contributed by atoms with Crippen molar-refractivity contribution in [3.8, 4) is 0 Å². The van der Waals surface area contributed by atoms with Gasteiger partial charge in [0.05, 0.1) is 16.4 Å². The number of hydrogen-bond acceptors (Lipinski definition) is 2. The van der Waals surface area contributed by atoms with Gasteiger partial charge in [-0.2, -0.15) is 5.10 Å². The molecule has 0 aliphatic rings. The normalized spacial score (nSPS) is 12.6. The zero-order valence-electron chi connectivity index (χ0n) is 12.7. The van der Waals surface area contributed by atoms with Crippen LogP contribution < -0.4 is 5.32 Å². The maximum Gasteiger partial charge on any atom is 0.0863 e. The van der Waals surface area contributed by atoms with Crippen molar-refractivity contribution in [2.75, 3.05) is 0 Å². The molecule has 2 rings (SSSR count). The second-order valence-corrected chi connectivity index (χ2v) is 5.85. The van der Waals surface area contributed by atoms with Crippen molar-refractivity contribution in [3.63, 3.8) is 0 Å². The van der Waals surface area contributed by atoms with E-state index in [1.54, 1.807) is 0 Å². The molecular weight excluding hydrogens is 305 g/mol. The van der Waals surface area contributed by atoms with Gasteiger partial charge in [0.2, 0.25) is 0 Å². The molecule has 0 radical (unpaired) electrons. The number of aryl methyl sites for hydroxylation is 2. The summed E-state index contributed by atoms with van der Waals surface area (Å²) in [6, 6.07) is 8.12. The summed E-state index contributed by atoms with van der Waals surface area (Å²) in [6.45, 7) is 7.80. The predicted octanol–water partition coefficient (Wildman–Crippen LogP) is 4.62. The van der Waals surface area contributed by atoms with Crippen molar-refractivity contribution >= 4 is 23.2 Å². The topological polar surface area (TPSA) is 29.9 Å². The van der Waals surface area contributed by atoms with Crippen molar-refractivity contribution in [2.24, 2.45) is 0 Å². The molecule has 1 N–H and O–H groups in total. The maximum absolute atomic E-state index is 6.42. The van der Waals surface area contributed by atoms with Gasteiger partial charge in [0.25, 0.3) is 0 Å². The third-order valence-corrected chi connectivity index (χ3v) is 4.33. The molecule has 0 fully saturated rings. The molecule has 0 saturated heterocycles. The average molecular weight is 326 g/mol. The van der Waals surface area contributed by atoms with Gasteiger partial charge < -0.3 is 5.32 Å². The molecule has 0 aliphatic carbocycles. The molecule has 21 heavy (non-hydrogen) atoms. The number of nitrogens with one attached hydrogen (secondary N) is 1. The number of aromatic nitrogens is 2. The highest BCUT2D eigenvalue weighted by Gasteiger charge is 2.15. The Labute approximate surface area is 136 Å². The molecule has 0 spiro atoms. The highest BCUT2D eigenvalue weighted by atomic mass is 35.5. The molecule has 114 valence electrons. The number of benzene rings is 1. The maximum atomic E-state index is 6.42. The molecule has 1 aromatic carbocycles.